The molecule has 1 aromatic rings. The third-order valence-corrected chi connectivity index (χ3v) is 4.31. The molecule has 0 amide bonds. The summed E-state index contributed by atoms with van der Waals surface area (Å²) in [7, 11) is 0. The highest BCUT2D eigenvalue weighted by molar-refractivity contribution is 5.30. The second-order valence-corrected chi connectivity index (χ2v) is 6.74. The molecule has 0 bridgehead atoms. The van der Waals surface area contributed by atoms with E-state index in [1.54, 1.807) is 0 Å². The molecule has 1 saturated heterocycles. The van der Waals surface area contributed by atoms with Crippen molar-refractivity contribution in [3.05, 3.63) is 34.9 Å². The topological polar surface area (TPSA) is 15.3 Å². The number of nitrogens with one attached hydrogen (secondary N) is 1. The molecule has 0 saturated carbocycles. The number of likely N-dealkylation sites (tertiary alicyclic amines) is 1. The highest BCUT2D eigenvalue weighted by Crippen LogP contribution is 2.20. The lowest BCUT2D eigenvalue weighted by Crippen LogP contribution is -2.40. The molecule has 1 aliphatic heterocycles. The van der Waals surface area contributed by atoms with Gasteiger partial charge in [-0.05, 0) is 56.8 Å². The first-order valence-electron chi connectivity index (χ1n) is 8.06. The quantitative estimate of drug-likeness (QED) is 0.884. The molecule has 2 nitrogen and oxygen atoms in total. The molecule has 112 valence electrons. The molecule has 0 radical (unpaired) electrons. The van der Waals surface area contributed by atoms with Crippen LogP contribution in [-0.4, -0.2) is 30.6 Å². The Labute approximate surface area is 124 Å². The predicted molar refractivity (Wildman–Crippen MR) is 87.1 cm³/mol. The zero-order chi connectivity index (χ0) is 14.5. The molecule has 1 fully saturated rings. The molecule has 0 spiro atoms. The molecular formula is C18H30N2. The number of hydrogen-bond acceptors (Lipinski definition) is 2. The Hall–Kier alpha value is -0.860. The lowest BCUT2D eigenvalue weighted by Gasteiger charge is -2.33. The molecule has 1 heterocycles. The highest BCUT2D eigenvalue weighted by Gasteiger charge is 2.20. The molecular weight excluding hydrogens is 244 g/mol. The summed E-state index contributed by atoms with van der Waals surface area (Å²) in [6, 6.07) is 7.45. The van der Waals surface area contributed by atoms with Gasteiger partial charge in [0.2, 0.25) is 0 Å². The number of rotatable bonds is 5. The first-order valence-corrected chi connectivity index (χ1v) is 8.06. The van der Waals surface area contributed by atoms with Crippen molar-refractivity contribution in [1.29, 1.82) is 0 Å². The average molecular weight is 274 g/mol. The van der Waals surface area contributed by atoms with Crippen LogP contribution in [0.1, 0.15) is 43.4 Å². The smallest absolute Gasteiger partial charge is 0.0236 e. The number of piperidine rings is 1. The Kier molecular flexibility index (Phi) is 5.62. The summed E-state index contributed by atoms with van der Waals surface area (Å²) in [5.74, 6) is 0.817. The van der Waals surface area contributed by atoms with Crippen LogP contribution in [0.2, 0.25) is 0 Å². The molecule has 1 aromatic carbocycles. The van der Waals surface area contributed by atoms with Crippen LogP contribution in [0, 0.1) is 19.8 Å². The number of nitrogens with zero attached hydrogens (tertiary/aromatic N) is 1. The van der Waals surface area contributed by atoms with E-state index in [9.17, 15) is 0 Å². The fraction of sp³-hybridized carbons (Fsp3) is 0.667. The third-order valence-electron chi connectivity index (χ3n) is 4.31. The zero-order valence-electron chi connectivity index (χ0n) is 13.6. The van der Waals surface area contributed by atoms with Gasteiger partial charge < -0.3 is 5.32 Å². The Morgan fingerprint density at radius 2 is 2.10 bits per heavy atom. The van der Waals surface area contributed by atoms with E-state index in [-0.39, 0.29) is 0 Å². The van der Waals surface area contributed by atoms with E-state index in [0.29, 0.717) is 6.04 Å². The van der Waals surface area contributed by atoms with Gasteiger partial charge in [0, 0.05) is 19.1 Å². The Morgan fingerprint density at radius 1 is 1.30 bits per heavy atom. The lowest BCUT2D eigenvalue weighted by atomic mass is 9.96. The summed E-state index contributed by atoms with van der Waals surface area (Å²) in [4.78, 5) is 2.63. The van der Waals surface area contributed by atoms with Crippen molar-refractivity contribution in [3.8, 4) is 0 Å². The zero-order valence-corrected chi connectivity index (χ0v) is 13.6. The second kappa shape index (κ2) is 7.24. The van der Waals surface area contributed by atoms with E-state index in [1.807, 2.05) is 0 Å². The van der Waals surface area contributed by atoms with Gasteiger partial charge in [0.05, 0.1) is 0 Å². The minimum atomic E-state index is 0.602. The van der Waals surface area contributed by atoms with Crippen molar-refractivity contribution < 1.29 is 0 Å². The van der Waals surface area contributed by atoms with Crippen molar-refractivity contribution in [2.45, 2.75) is 53.1 Å². The monoisotopic (exact) mass is 274 g/mol. The first kappa shape index (κ1) is 15.5. The van der Waals surface area contributed by atoms with Crippen LogP contribution < -0.4 is 5.32 Å². The van der Waals surface area contributed by atoms with E-state index in [1.165, 1.54) is 49.2 Å². The van der Waals surface area contributed by atoms with E-state index in [0.717, 1.165) is 12.5 Å². The van der Waals surface area contributed by atoms with E-state index in [4.69, 9.17) is 0 Å². The molecule has 1 N–H and O–H groups in total. The van der Waals surface area contributed by atoms with Gasteiger partial charge in [-0.25, -0.2) is 0 Å². The van der Waals surface area contributed by atoms with Gasteiger partial charge in [0.25, 0.3) is 0 Å². The molecule has 0 aliphatic carbocycles. The fourth-order valence-electron chi connectivity index (χ4n) is 3.13. The first-order chi connectivity index (χ1) is 9.54. The minimum absolute atomic E-state index is 0.602. The molecule has 20 heavy (non-hydrogen) atoms. The van der Waals surface area contributed by atoms with Gasteiger partial charge in [-0.15, -0.1) is 0 Å². The maximum atomic E-state index is 3.59. The average Bonchev–Trinajstić information content (AvgIpc) is 2.40. The summed E-state index contributed by atoms with van der Waals surface area (Å²) < 4.78 is 0. The van der Waals surface area contributed by atoms with Gasteiger partial charge in [0.1, 0.15) is 0 Å². The van der Waals surface area contributed by atoms with Crippen LogP contribution >= 0.6 is 0 Å². The van der Waals surface area contributed by atoms with Crippen molar-refractivity contribution in [2.75, 3.05) is 19.6 Å². The van der Waals surface area contributed by atoms with Crippen LogP contribution in [0.3, 0.4) is 0 Å². The van der Waals surface area contributed by atoms with Gasteiger partial charge in [-0.2, -0.15) is 0 Å². The number of benzene rings is 1. The van der Waals surface area contributed by atoms with Crippen LogP contribution in [0.5, 0.6) is 0 Å². The van der Waals surface area contributed by atoms with Crippen molar-refractivity contribution >= 4 is 0 Å². The molecule has 2 heteroatoms. The van der Waals surface area contributed by atoms with Crippen molar-refractivity contribution in [2.24, 2.45) is 5.92 Å². The molecule has 1 aliphatic rings. The Morgan fingerprint density at radius 3 is 2.80 bits per heavy atom. The Balaban J connectivity index is 1.89. The third kappa shape index (κ3) is 4.60. The van der Waals surface area contributed by atoms with Crippen LogP contribution in [0.15, 0.2) is 18.2 Å². The van der Waals surface area contributed by atoms with Crippen molar-refractivity contribution in [3.63, 3.8) is 0 Å². The summed E-state index contributed by atoms with van der Waals surface area (Å²) >= 11 is 0. The highest BCUT2D eigenvalue weighted by atomic mass is 15.1. The van der Waals surface area contributed by atoms with Crippen LogP contribution in [0.4, 0.5) is 0 Å². The normalized spacial score (nSPS) is 20.6. The predicted octanol–water partition coefficient (Wildman–Crippen LogP) is 3.51. The molecule has 2 rings (SSSR count). The summed E-state index contributed by atoms with van der Waals surface area (Å²) in [5.41, 5.74) is 4.30. The summed E-state index contributed by atoms with van der Waals surface area (Å²) in [6.45, 7) is 13.7. The van der Waals surface area contributed by atoms with Gasteiger partial charge >= 0.3 is 0 Å². The van der Waals surface area contributed by atoms with E-state index >= 15 is 0 Å². The van der Waals surface area contributed by atoms with Crippen molar-refractivity contribution in [1.82, 2.24) is 10.2 Å². The van der Waals surface area contributed by atoms with Crippen LogP contribution in [0.25, 0.3) is 0 Å². The van der Waals surface area contributed by atoms with Gasteiger partial charge in [0.15, 0.2) is 0 Å². The number of aryl methyl sites for hydroxylation is 2. The van der Waals surface area contributed by atoms with Gasteiger partial charge in [-0.1, -0.05) is 37.6 Å². The van der Waals surface area contributed by atoms with Crippen LogP contribution in [-0.2, 0) is 6.54 Å². The summed E-state index contributed by atoms with van der Waals surface area (Å²) in [5, 5.41) is 3.59. The largest absolute Gasteiger partial charge is 0.314 e. The molecule has 0 aromatic heterocycles. The molecule has 1 atom stereocenters. The summed E-state index contributed by atoms with van der Waals surface area (Å²) in [6.07, 6.45) is 2.72. The molecule has 1 unspecified atom stereocenters. The maximum Gasteiger partial charge on any atom is 0.0236 e. The number of hydrogen-bond donors (Lipinski definition) is 1. The van der Waals surface area contributed by atoms with E-state index in [2.05, 4.69) is 56.1 Å². The van der Waals surface area contributed by atoms with E-state index < -0.39 is 0 Å². The minimum Gasteiger partial charge on any atom is -0.314 e. The Bertz CT molecular complexity index is 425. The second-order valence-electron chi connectivity index (χ2n) is 6.74. The fourth-order valence-corrected chi connectivity index (χ4v) is 3.13. The lowest BCUT2D eigenvalue weighted by molar-refractivity contribution is 0.163. The standard InChI is InChI=1S/C18H30N2/c1-14(2)19-11-17-6-5-9-20(12-17)13-18-8-7-15(3)10-16(18)4/h7-8,10,14,17,19H,5-6,9,11-13H2,1-4H3. The maximum absolute atomic E-state index is 3.59. The SMILES string of the molecule is Cc1ccc(CN2CCCC(CNC(C)C)C2)c(C)c1. The van der Waals surface area contributed by atoms with Gasteiger partial charge in [-0.3, -0.25) is 4.90 Å².